The number of aliphatic imine (C=N–C) groups is 1. The Morgan fingerprint density at radius 2 is 1.31 bits per heavy atom. The third kappa shape index (κ3) is 4.76. The van der Waals surface area contributed by atoms with E-state index in [0.29, 0.717) is 23.0 Å². The number of furan rings is 1. The molecule has 0 spiro atoms. The Labute approximate surface area is 226 Å². The van der Waals surface area contributed by atoms with Gasteiger partial charge in [-0.2, -0.15) is 0 Å². The van der Waals surface area contributed by atoms with Crippen LogP contribution in [0.2, 0.25) is 0 Å². The summed E-state index contributed by atoms with van der Waals surface area (Å²) >= 11 is 0. The zero-order valence-corrected chi connectivity index (χ0v) is 21.5. The molecule has 0 aliphatic heterocycles. The highest BCUT2D eigenvalue weighted by Gasteiger charge is 2.22. The minimum atomic E-state index is 0.477. The summed E-state index contributed by atoms with van der Waals surface area (Å²) in [6.45, 7) is 0. The normalized spacial score (nSPS) is 11.2. The molecule has 39 heavy (non-hydrogen) atoms. The second-order valence-corrected chi connectivity index (χ2v) is 8.87. The van der Waals surface area contributed by atoms with Crippen LogP contribution in [0.25, 0.3) is 44.7 Å². The number of benzene rings is 4. The van der Waals surface area contributed by atoms with Crippen molar-refractivity contribution in [2.24, 2.45) is 4.99 Å². The number of nitrogens with zero attached hydrogens (tertiary/aromatic N) is 3. The molecule has 0 radical (unpaired) electrons. The number of fused-ring (bicyclic) bond motifs is 1. The van der Waals surface area contributed by atoms with Gasteiger partial charge < -0.3 is 13.9 Å². The molecule has 6 heteroatoms. The summed E-state index contributed by atoms with van der Waals surface area (Å²) in [7, 11) is 3.22. The third-order valence-corrected chi connectivity index (χ3v) is 6.53. The summed E-state index contributed by atoms with van der Waals surface area (Å²) in [5, 5.41) is 0.752. The number of rotatable bonds is 7. The minimum Gasteiger partial charge on any atom is -0.493 e. The Morgan fingerprint density at radius 3 is 2.00 bits per heavy atom. The van der Waals surface area contributed by atoms with Crippen LogP contribution in [-0.2, 0) is 0 Å². The average molecular weight is 512 g/mol. The quantitative estimate of drug-likeness (QED) is 0.203. The van der Waals surface area contributed by atoms with Crippen molar-refractivity contribution in [3.8, 4) is 45.1 Å². The molecule has 0 amide bonds. The van der Waals surface area contributed by atoms with Gasteiger partial charge in [0.2, 0.25) is 5.71 Å². The first-order chi connectivity index (χ1) is 19.2. The van der Waals surface area contributed by atoms with Gasteiger partial charge in [-0.3, -0.25) is 0 Å². The molecule has 2 heterocycles. The van der Waals surface area contributed by atoms with E-state index in [1.54, 1.807) is 20.4 Å². The maximum atomic E-state index is 6.38. The molecule has 0 atom stereocenters. The van der Waals surface area contributed by atoms with Gasteiger partial charge in [-0.15, -0.1) is 0 Å². The van der Waals surface area contributed by atoms with Gasteiger partial charge in [0, 0.05) is 17.3 Å². The number of hydrogen-bond donors (Lipinski definition) is 0. The lowest BCUT2D eigenvalue weighted by Crippen LogP contribution is -1.92. The zero-order valence-electron chi connectivity index (χ0n) is 21.5. The largest absolute Gasteiger partial charge is 0.493 e. The molecule has 6 nitrogen and oxygen atoms in total. The van der Waals surface area contributed by atoms with E-state index in [2.05, 4.69) is 58.5 Å². The van der Waals surface area contributed by atoms with E-state index in [0.717, 1.165) is 44.5 Å². The molecule has 0 saturated heterocycles. The Kier molecular flexibility index (Phi) is 6.58. The van der Waals surface area contributed by atoms with E-state index in [-0.39, 0.29) is 0 Å². The van der Waals surface area contributed by atoms with Crippen LogP contribution in [0, 0.1) is 0 Å². The Balaban J connectivity index is 1.48. The molecule has 190 valence electrons. The summed E-state index contributed by atoms with van der Waals surface area (Å²) in [6.07, 6.45) is 3.23. The van der Waals surface area contributed by atoms with E-state index in [4.69, 9.17) is 18.9 Å². The van der Waals surface area contributed by atoms with Crippen LogP contribution in [-0.4, -0.2) is 30.4 Å². The van der Waals surface area contributed by atoms with Crippen molar-refractivity contribution in [2.75, 3.05) is 14.2 Å². The summed E-state index contributed by atoms with van der Waals surface area (Å²) < 4.78 is 17.2. The molecule has 4 aromatic carbocycles. The monoisotopic (exact) mass is 511 g/mol. The van der Waals surface area contributed by atoms with Crippen molar-refractivity contribution in [3.05, 3.63) is 115 Å². The predicted octanol–water partition coefficient (Wildman–Crippen LogP) is 7.99. The maximum Gasteiger partial charge on any atom is 0.232 e. The zero-order chi connectivity index (χ0) is 26.6. The molecule has 0 saturated carbocycles. The first-order valence-electron chi connectivity index (χ1n) is 12.5. The van der Waals surface area contributed by atoms with Crippen molar-refractivity contribution in [1.29, 1.82) is 0 Å². The van der Waals surface area contributed by atoms with Gasteiger partial charge in [-0.25, -0.2) is 15.0 Å². The first kappa shape index (κ1) is 24.1. The van der Waals surface area contributed by atoms with Gasteiger partial charge in [0.1, 0.15) is 12.1 Å². The van der Waals surface area contributed by atoms with E-state index in [1.165, 1.54) is 6.33 Å². The average Bonchev–Trinajstić information content (AvgIpc) is 3.41. The molecular formula is C33H25N3O3. The minimum absolute atomic E-state index is 0.477. The van der Waals surface area contributed by atoms with Crippen LogP contribution >= 0.6 is 0 Å². The summed E-state index contributed by atoms with van der Waals surface area (Å²) in [6, 6.07) is 34.4. The molecule has 0 fully saturated rings. The van der Waals surface area contributed by atoms with E-state index in [9.17, 15) is 0 Å². The Morgan fingerprint density at radius 1 is 0.667 bits per heavy atom. The highest BCUT2D eigenvalue weighted by atomic mass is 16.5. The van der Waals surface area contributed by atoms with Crippen LogP contribution in [0.1, 0.15) is 5.56 Å². The van der Waals surface area contributed by atoms with Crippen molar-refractivity contribution in [3.63, 3.8) is 0 Å². The van der Waals surface area contributed by atoms with Gasteiger partial charge in [-0.1, -0.05) is 84.9 Å². The summed E-state index contributed by atoms with van der Waals surface area (Å²) in [4.78, 5) is 13.7. The van der Waals surface area contributed by atoms with E-state index < -0.39 is 0 Å². The molecule has 6 aromatic rings. The van der Waals surface area contributed by atoms with Crippen LogP contribution in [0.5, 0.6) is 11.5 Å². The Hall–Kier alpha value is -5.23. The van der Waals surface area contributed by atoms with Crippen LogP contribution in [0.3, 0.4) is 0 Å². The lowest BCUT2D eigenvalue weighted by Gasteiger charge is -2.07. The van der Waals surface area contributed by atoms with Crippen molar-refractivity contribution < 1.29 is 13.9 Å². The van der Waals surface area contributed by atoms with Crippen LogP contribution in [0.15, 0.2) is 119 Å². The molecule has 0 unspecified atom stereocenters. The highest BCUT2D eigenvalue weighted by Crippen LogP contribution is 2.43. The van der Waals surface area contributed by atoms with Crippen LogP contribution in [0.4, 0.5) is 5.82 Å². The number of aromatic nitrogens is 2. The molecule has 0 aliphatic carbocycles. The Bertz CT molecular complexity index is 1760. The van der Waals surface area contributed by atoms with Gasteiger partial charge in [0.05, 0.1) is 19.6 Å². The lowest BCUT2D eigenvalue weighted by molar-refractivity contribution is 0.355. The van der Waals surface area contributed by atoms with Crippen LogP contribution < -0.4 is 9.47 Å². The number of ether oxygens (including phenoxy) is 2. The second-order valence-electron chi connectivity index (χ2n) is 8.87. The molecule has 0 bridgehead atoms. The molecule has 6 rings (SSSR count). The molecule has 0 N–H and O–H groups in total. The lowest BCUT2D eigenvalue weighted by atomic mass is 9.97. The smallest absolute Gasteiger partial charge is 0.232 e. The van der Waals surface area contributed by atoms with E-state index in [1.807, 2.05) is 54.6 Å². The molecule has 2 aromatic heterocycles. The number of methoxy groups -OCH3 is 2. The van der Waals surface area contributed by atoms with Crippen molar-refractivity contribution in [2.45, 2.75) is 0 Å². The molecule has 0 aliphatic rings. The van der Waals surface area contributed by atoms with Gasteiger partial charge >= 0.3 is 0 Å². The fourth-order valence-corrected chi connectivity index (χ4v) is 4.61. The van der Waals surface area contributed by atoms with Gasteiger partial charge in [0.25, 0.3) is 0 Å². The topological polar surface area (TPSA) is 69.7 Å². The summed E-state index contributed by atoms with van der Waals surface area (Å²) in [5.74, 6) is 2.52. The maximum absolute atomic E-state index is 6.38. The predicted molar refractivity (Wildman–Crippen MR) is 155 cm³/mol. The summed E-state index contributed by atoms with van der Waals surface area (Å²) in [5.41, 5.74) is 6.47. The highest BCUT2D eigenvalue weighted by molar-refractivity contribution is 6.06. The fourth-order valence-electron chi connectivity index (χ4n) is 4.61. The first-order valence-corrected chi connectivity index (χ1v) is 12.5. The fraction of sp³-hybridized carbons (Fsp3) is 0.0606. The van der Waals surface area contributed by atoms with Gasteiger partial charge in [0.15, 0.2) is 17.3 Å². The molecular weight excluding hydrogens is 486 g/mol. The standard InChI is InChI=1S/C33H25N3O3/c1-37-27-18-13-22(19-28(27)38-2)20-34-32-30-29(25-11-7-4-8-12-25)31(39-33(30)36-21-35-32)26-16-14-24(15-17-26)23-9-5-3-6-10-23/h3-21H,1-2H3. The van der Waals surface area contributed by atoms with Crippen molar-refractivity contribution in [1.82, 2.24) is 9.97 Å². The second kappa shape index (κ2) is 10.6. The number of hydrogen-bond acceptors (Lipinski definition) is 6. The van der Waals surface area contributed by atoms with Crippen molar-refractivity contribution >= 4 is 23.1 Å². The van der Waals surface area contributed by atoms with E-state index >= 15 is 0 Å². The SMILES string of the molecule is COc1ccc(C=Nc2ncnc3oc(-c4ccc(-c5ccccc5)cc4)c(-c4ccccc4)c23)cc1OC. The van der Waals surface area contributed by atoms with Gasteiger partial charge in [-0.05, 0) is 40.5 Å². The third-order valence-electron chi connectivity index (χ3n) is 6.53.